The van der Waals surface area contributed by atoms with E-state index in [2.05, 4.69) is 19.2 Å². The maximum absolute atomic E-state index is 12.4. The fourth-order valence-electron chi connectivity index (χ4n) is 2.62. The molecular weight excluding hydrogens is 216 g/mol. The lowest BCUT2D eigenvalue weighted by atomic mass is 9.83. The number of hydrogen-bond acceptors (Lipinski definition) is 3. The summed E-state index contributed by atoms with van der Waals surface area (Å²) in [5.74, 6) is 0.822. The van der Waals surface area contributed by atoms with E-state index in [1.807, 2.05) is 11.9 Å². The maximum Gasteiger partial charge on any atom is 0.239 e. The van der Waals surface area contributed by atoms with Gasteiger partial charge in [0.1, 0.15) is 0 Å². The van der Waals surface area contributed by atoms with Gasteiger partial charge in [-0.3, -0.25) is 4.79 Å². The number of likely N-dealkylation sites (tertiary alicyclic amines) is 1. The van der Waals surface area contributed by atoms with E-state index in [0.717, 1.165) is 39.1 Å². The topological polar surface area (TPSA) is 41.6 Å². The van der Waals surface area contributed by atoms with Crippen LogP contribution in [0.2, 0.25) is 0 Å². The number of nitrogens with one attached hydrogen (secondary N) is 1. The van der Waals surface area contributed by atoms with Crippen LogP contribution in [0, 0.1) is 11.3 Å². The standard InChI is InChI=1S/C13H24N2O2/c1-13(2)4-5-15(7-10-8-17-9-10)12(16)11(6-13)14-3/h10-11,14H,4-9H2,1-3H3. The number of likely N-dealkylation sites (N-methyl/N-ethyl adjacent to an activating group) is 1. The minimum atomic E-state index is -0.0199. The second kappa shape index (κ2) is 4.94. The summed E-state index contributed by atoms with van der Waals surface area (Å²) in [7, 11) is 1.88. The van der Waals surface area contributed by atoms with Gasteiger partial charge in [0.2, 0.25) is 5.91 Å². The quantitative estimate of drug-likeness (QED) is 0.796. The SMILES string of the molecule is CNC1CC(C)(C)CCN(CC2COC2)C1=O. The molecule has 2 saturated heterocycles. The Morgan fingerprint density at radius 2 is 2.18 bits per heavy atom. The van der Waals surface area contributed by atoms with Gasteiger partial charge in [-0.1, -0.05) is 13.8 Å². The number of rotatable bonds is 3. The van der Waals surface area contributed by atoms with Crippen molar-refractivity contribution in [3.63, 3.8) is 0 Å². The van der Waals surface area contributed by atoms with Crippen LogP contribution in [0.4, 0.5) is 0 Å². The van der Waals surface area contributed by atoms with Crippen molar-refractivity contribution in [2.75, 3.05) is 33.4 Å². The third kappa shape index (κ3) is 2.99. The zero-order chi connectivity index (χ0) is 12.5. The normalized spacial score (nSPS) is 29.9. The van der Waals surface area contributed by atoms with E-state index < -0.39 is 0 Å². The highest BCUT2D eigenvalue weighted by Gasteiger charge is 2.35. The van der Waals surface area contributed by atoms with Crippen LogP contribution in [0.15, 0.2) is 0 Å². The van der Waals surface area contributed by atoms with Crippen molar-refractivity contribution in [2.24, 2.45) is 11.3 Å². The molecule has 2 aliphatic rings. The number of amides is 1. The number of nitrogens with zero attached hydrogens (tertiary/aromatic N) is 1. The van der Waals surface area contributed by atoms with Gasteiger partial charge in [0.15, 0.2) is 0 Å². The van der Waals surface area contributed by atoms with Crippen molar-refractivity contribution >= 4 is 5.91 Å². The first-order valence-corrected chi connectivity index (χ1v) is 6.55. The van der Waals surface area contributed by atoms with Crippen molar-refractivity contribution in [1.29, 1.82) is 0 Å². The minimum Gasteiger partial charge on any atom is -0.381 e. The Balaban J connectivity index is 2.02. The van der Waals surface area contributed by atoms with Gasteiger partial charge >= 0.3 is 0 Å². The third-order valence-corrected chi connectivity index (χ3v) is 3.96. The maximum atomic E-state index is 12.4. The Morgan fingerprint density at radius 3 is 2.71 bits per heavy atom. The first kappa shape index (κ1) is 12.8. The average Bonchev–Trinajstić information content (AvgIpc) is 2.32. The summed E-state index contributed by atoms with van der Waals surface area (Å²) in [5, 5.41) is 3.17. The predicted octanol–water partition coefficient (Wildman–Crippen LogP) is 0.869. The van der Waals surface area contributed by atoms with Crippen LogP contribution in [-0.4, -0.2) is 50.2 Å². The fraction of sp³-hybridized carbons (Fsp3) is 0.923. The summed E-state index contributed by atoms with van der Waals surface area (Å²) in [4.78, 5) is 14.4. The molecule has 1 amide bonds. The highest BCUT2D eigenvalue weighted by Crippen LogP contribution is 2.31. The summed E-state index contributed by atoms with van der Waals surface area (Å²) in [6, 6.07) is -0.0199. The molecule has 0 spiro atoms. The zero-order valence-electron chi connectivity index (χ0n) is 11.2. The zero-order valence-corrected chi connectivity index (χ0v) is 11.2. The number of carbonyl (C=O) groups is 1. The molecular formula is C13H24N2O2. The number of hydrogen-bond donors (Lipinski definition) is 1. The summed E-state index contributed by atoms with van der Waals surface area (Å²) < 4.78 is 5.18. The highest BCUT2D eigenvalue weighted by molar-refractivity contribution is 5.82. The van der Waals surface area contributed by atoms with E-state index in [1.54, 1.807) is 0 Å². The van der Waals surface area contributed by atoms with E-state index >= 15 is 0 Å². The third-order valence-electron chi connectivity index (χ3n) is 3.96. The van der Waals surface area contributed by atoms with Crippen LogP contribution >= 0.6 is 0 Å². The molecule has 17 heavy (non-hydrogen) atoms. The number of carbonyl (C=O) groups excluding carboxylic acids is 1. The van der Waals surface area contributed by atoms with Crippen LogP contribution in [-0.2, 0) is 9.53 Å². The summed E-state index contributed by atoms with van der Waals surface area (Å²) >= 11 is 0. The number of ether oxygens (including phenoxy) is 1. The van der Waals surface area contributed by atoms with E-state index in [1.165, 1.54) is 0 Å². The molecule has 0 aliphatic carbocycles. The molecule has 0 bridgehead atoms. The van der Waals surface area contributed by atoms with Crippen LogP contribution in [0.1, 0.15) is 26.7 Å². The van der Waals surface area contributed by atoms with Crippen molar-refractivity contribution in [2.45, 2.75) is 32.7 Å². The molecule has 0 aromatic carbocycles. The summed E-state index contributed by atoms with van der Waals surface area (Å²) in [5.41, 5.74) is 0.244. The minimum absolute atomic E-state index is 0.0199. The smallest absolute Gasteiger partial charge is 0.239 e. The molecule has 4 heteroatoms. The Kier molecular flexibility index (Phi) is 3.73. The van der Waals surface area contributed by atoms with E-state index in [0.29, 0.717) is 5.92 Å². The lowest BCUT2D eigenvalue weighted by molar-refractivity contribution is -0.136. The molecule has 0 aromatic rings. The molecule has 0 saturated carbocycles. The van der Waals surface area contributed by atoms with Gasteiger partial charge in [0.05, 0.1) is 19.3 Å². The van der Waals surface area contributed by atoms with Gasteiger partial charge in [-0.25, -0.2) is 0 Å². The second-order valence-electron chi connectivity index (χ2n) is 6.15. The lowest BCUT2D eigenvalue weighted by Crippen LogP contribution is -2.48. The van der Waals surface area contributed by atoms with Gasteiger partial charge < -0.3 is 15.0 Å². The largest absolute Gasteiger partial charge is 0.381 e. The molecule has 98 valence electrons. The molecule has 0 radical (unpaired) electrons. The van der Waals surface area contributed by atoms with Crippen molar-refractivity contribution in [3.8, 4) is 0 Å². The molecule has 4 nitrogen and oxygen atoms in total. The van der Waals surface area contributed by atoms with Gasteiger partial charge in [-0.15, -0.1) is 0 Å². The van der Waals surface area contributed by atoms with Crippen LogP contribution in [0.5, 0.6) is 0 Å². The Bertz CT molecular complexity index is 287. The predicted molar refractivity (Wildman–Crippen MR) is 66.8 cm³/mol. The van der Waals surface area contributed by atoms with E-state index in [4.69, 9.17) is 4.74 Å². The molecule has 2 fully saturated rings. The van der Waals surface area contributed by atoms with Crippen LogP contribution in [0.3, 0.4) is 0 Å². The molecule has 1 atom stereocenters. The molecule has 1 N–H and O–H groups in total. The second-order valence-corrected chi connectivity index (χ2v) is 6.15. The Morgan fingerprint density at radius 1 is 1.47 bits per heavy atom. The Hall–Kier alpha value is -0.610. The van der Waals surface area contributed by atoms with Crippen molar-refractivity contribution < 1.29 is 9.53 Å². The molecule has 2 rings (SSSR count). The van der Waals surface area contributed by atoms with Crippen LogP contribution in [0.25, 0.3) is 0 Å². The molecule has 2 aliphatic heterocycles. The van der Waals surface area contributed by atoms with Gasteiger partial charge in [-0.2, -0.15) is 0 Å². The van der Waals surface area contributed by atoms with Crippen molar-refractivity contribution in [3.05, 3.63) is 0 Å². The van der Waals surface area contributed by atoms with E-state index in [-0.39, 0.29) is 17.4 Å². The lowest BCUT2D eigenvalue weighted by Gasteiger charge is -2.33. The van der Waals surface area contributed by atoms with E-state index in [9.17, 15) is 4.79 Å². The summed E-state index contributed by atoms with van der Waals surface area (Å²) in [6.07, 6.45) is 2.02. The van der Waals surface area contributed by atoms with Gasteiger partial charge in [0, 0.05) is 19.0 Å². The first-order valence-electron chi connectivity index (χ1n) is 6.55. The molecule has 1 unspecified atom stereocenters. The van der Waals surface area contributed by atoms with Crippen molar-refractivity contribution in [1.82, 2.24) is 10.2 Å². The van der Waals surface area contributed by atoms with Gasteiger partial charge in [0.25, 0.3) is 0 Å². The summed E-state index contributed by atoms with van der Waals surface area (Å²) in [6.45, 7) is 7.89. The first-order chi connectivity index (χ1) is 8.02. The molecule has 0 aromatic heterocycles. The van der Waals surface area contributed by atoms with Crippen LogP contribution < -0.4 is 5.32 Å². The highest BCUT2D eigenvalue weighted by atomic mass is 16.5. The Labute approximate surface area is 104 Å². The molecule has 2 heterocycles. The average molecular weight is 240 g/mol. The van der Waals surface area contributed by atoms with Gasteiger partial charge in [-0.05, 0) is 25.3 Å². The monoisotopic (exact) mass is 240 g/mol. The fourth-order valence-corrected chi connectivity index (χ4v) is 2.62.